The minimum absolute atomic E-state index is 0.0892. The number of aromatic nitrogens is 1. The van der Waals surface area contributed by atoms with Gasteiger partial charge in [0.15, 0.2) is 0 Å². The molecular formula is C10H18N2OS. The zero-order valence-corrected chi connectivity index (χ0v) is 9.82. The summed E-state index contributed by atoms with van der Waals surface area (Å²) in [7, 11) is 0. The standard InChI is InChI=1S/C10H18N2OS/c1-8-7-14-9(12-8)10(2,3)11-5-4-6-13/h7,11,13H,4-6H2,1-3H3. The quantitative estimate of drug-likeness (QED) is 0.733. The average Bonchev–Trinajstić information content (AvgIpc) is 2.53. The Bertz CT molecular complexity index is 283. The van der Waals surface area contributed by atoms with Crippen molar-refractivity contribution in [3.8, 4) is 0 Å². The predicted octanol–water partition coefficient (Wildman–Crippen LogP) is 1.66. The third kappa shape index (κ3) is 3.04. The zero-order valence-electron chi connectivity index (χ0n) is 9.00. The number of aliphatic hydroxyl groups excluding tert-OH is 1. The van der Waals surface area contributed by atoms with Crippen molar-refractivity contribution >= 4 is 11.3 Å². The van der Waals surface area contributed by atoms with E-state index in [1.807, 2.05) is 6.92 Å². The highest BCUT2D eigenvalue weighted by molar-refractivity contribution is 7.09. The van der Waals surface area contributed by atoms with Crippen LogP contribution in [0.2, 0.25) is 0 Å². The molecule has 1 rings (SSSR count). The first-order valence-electron chi connectivity index (χ1n) is 4.85. The minimum Gasteiger partial charge on any atom is -0.396 e. The number of nitrogens with zero attached hydrogens (tertiary/aromatic N) is 1. The number of hydrogen-bond donors (Lipinski definition) is 2. The fourth-order valence-corrected chi connectivity index (χ4v) is 2.09. The number of hydrogen-bond acceptors (Lipinski definition) is 4. The van der Waals surface area contributed by atoms with Gasteiger partial charge in [-0.2, -0.15) is 0 Å². The summed E-state index contributed by atoms with van der Waals surface area (Å²) in [6.45, 7) is 7.29. The van der Waals surface area contributed by atoms with Gasteiger partial charge in [0.1, 0.15) is 5.01 Å². The number of aryl methyl sites for hydroxylation is 1. The highest BCUT2D eigenvalue weighted by Crippen LogP contribution is 2.23. The summed E-state index contributed by atoms with van der Waals surface area (Å²) in [4.78, 5) is 4.45. The van der Waals surface area contributed by atoms with Crippen LogP contribution in [0.1, 0.15) is 31.0 Å². The average molecular weight is 214 g/mol. The van der Waals surface area contributed by atoms with Crippen LogP contribution in [0.25, 0.3) is 0 Å². The number of aliphatic hydroxyl groups is 1. The molecule has 0 bridgehead atoms. The highest BCUT2D eigenvalue weighted by atomic mass is 32.1. The Hall–Kier alpha value is -0.450. The third-order valence-electron chi connectivity index (χ3n) is 2.06. The van der Waals surface area contributed by atoms with Gasteiger partial charge in [0.2, 0.25) is 0 Å². The Kier molecular flexibility index (Phi) is 4.04. The molecule has 3 nitrogen and oxygen atoms in total. The SMILES string of the molecule is Cc1csc(C(C)(C)NCCCO)n1. The summed E-state index contributed by atoms with van der Waals surface area (Å²) < 4.78 is 0. The van der Waals surface area contributed by atoms with Crippen molar-refractivity contribution in [2.24, 2.45) is 0 Å². The minimum atomic E-state index is -0.0892. The molecule has 0 saturated carbocycles. The Morgan fingerprint density at radius 3 is 2.79 bits per heavy atom. The lowest BCUT2D eigenvalue weighted by Crippen LogP contribution is -2.37. The van der Waals surface area contributed by atoms with Crippen LogP contribution in [0.5, 0.6) is 0 Å². The molecule has 0 aromatic carbocycles. The van der Waals surface area contributed by atoms with Crippen molar-refractivity contribution in [2.75, 3.05) is 13.2 Å². The molecule has 1 heterocycles. The van der Waals surface area contributed by atoms with Gasteiger partial charge < -0.3 is 10.4 Å². The van der Waals surface area contributed by atoms with Gasteiger partial charge in [-0.3, -0.25) is 0 Å². The summed E-state index contributed by atoms with van der Waals surface area (Å²) in [6.07, 6.45) is 0.786. The van der Waals surface area contributed by atoms with Crippen LogP contribution in [-0.2, 0) is 5.54 Å². The zero-order chi connectivity index (χ0) is 10.6. The first kappa shape index (κ1) is 11.6. The second-order valence-corrected chi connectivity index (χ2v) is 4.78. The van der Waals surface area contributed by atoms with E-state index < -0.39 is 0 Å². The molecule has 0 radical (unpaired) electrons. The maximum Gasteiger partial charge on any atom is 0.112 e. The number of thiazole rings is 1. The Morgan fingerprint density at radius 1 is 1.57 bits per heavy atom. The molecule has 4 heteroatoms. The summed E-state index contributed by atoms with van der Waals surface area (Å²) in [5, 5.41) is 15.2. The van der Waals surface area contributed by atoms with Crippen molar-refractivity contribution < 1.29 is 5.11 Å². The Balaban J connectivity index is 2.56. The maximum atomic E-state index is 8.68. The second kappa shape index (κ2) is 4.87. The summed E-state index contributed by atoms with van der Waals surface area (Å²) in [6, 6.07) is 0. The first-order valence-corrected chi connectivity index (χ1v) is 5.73. The molecule has 1 aromatic heterocycles. The van der Waals surface area contributed by atoms with Crippen LogP contribution in [0, 0.1) is 6.92 Å². The molecule has 0 fully saturated rings. The monoisotopic (exact) mass is 214 g/mol. The molecule has 0 unspecified atom stereocenters. The van der Waals surface area contributed by atoms with Gasteiger partial charge in [0.05, 0.1) is 5.54 Å². The molecule has 0 saturated heterocycles. The summed E-state index contributed by atoms with van der Waals surface area (Å²) in [5.41, 5.74) is 0.982. The Morgan fingerprint density at radius 2 is 2.29 bits per heavy atom. The normalized spacial score (nSPS) is 12.0. The topological polar surface area (TPSA) is 45.1 Å². The van der Waals surface area contributed by atoms with Gasteiger partial charge in [-0.1, -0.05) is 0 Å². The lowest BCUT2D eigenvalue weighted by Gasteiger charge is -2.23. The predicted molar refractivity (Wildman–Crippen MR) is 59.6 cm³/mol. The van der Waals surface area contributed by atoms with Gasteiger partial charge in [-0.05, 0) is 33.7 Å². The van der Waals surface area contributed by atoms with Crippen molar-refractivity contribution in [2.45, 2.75) is 32.7 Å². The van der Waals surface area contributed by atoms with E-state index >= 15 is 0 Å². The van der Waals surface area contributed by atoms with Gasteiger partial charge in [-0.15, -0.1) is 11.3 Å². The summed E-state index contributed by atoms with van der Waals surface area (Å²) >= 11 is 1.68. The van der Waals surface area contributed by atoms with Gasteiger partial charge in [0, 0.05) is 17.7 Å². The van der Waals surface area contributed by atoms with E-state index in [0.717, 1.165) is 23.7 Å². The molecule has 0 spiro atoms. The molecule has 0 aliphatic rings. The van der Waals surface area contributed by atoms with E-state index in [0.29, 0.717) is 0 Å². The number of rotatable bonds is 5. The molecule has 0 atom stereocenters. The van der Waals surface area contributed by atoms with Crippen LogP contribution in [-0.4, -0.2) is 23.2 Å². The summed E-state index contributed by atoms with van der Waals surface area (Å²) in [5.74, 6) is 0. The van der Waals surface area contributed by atoms with Crippen LogP contribution in [0.15, 0.2) is 5.38 Å². The largest absolute Gasteiger partial charge is 0.396 e. The van der Waals surface area contributed by atoms with E-state index in [1.54, 1.807) is 11.3 Å². The van der Waals surface area contributed by atoms with E-state index in [2.05, 4.69) is 29.5 Å². The van der Waals surface area contributed by atoms with Crippen molar-refractivity contribution in [3.05, 3.63) is 16.1 Å². The van der Waals surface area contributed by atoms with Crippen LogP contribution in [0.4, 0.5) is 0 Å². The molecule has 0 aliphatic heterocycles. The molecule has 1 aromatic rings. The van der Waals surface area contributed by atoms with Crippen molar-refractivity contribution in [3.63, 3.8) is 0 Å². The lowest BCUT2D eigenvalue weighted by molar-refractivity contribution is 0.275. The molecule has 80 valence electrons. The van der Waals surface area contributed by atoms with Gasteiger partial charge in [-0.25, -0.2) is 4.98 Å². The maximum absolute atomic E-state index is 8.68. The van der Waals surface area contributed by atoms with E-state index in [1.165, 1.54) is 0 Å². The first-order chi connectivity index (χ1) is 6.56. The lowest BCUT2D eigenvalue weighted by atomic mass is 10.1. The van der Waals surface area contributed by atoms with Gasteiger partial charge in [0.25, 0.3) is 0 Å². The molecule has 14 heavy (non-hydrogen) atoms. The fourth-order valence-electron chi connectivity index (χ4n) is 1.20. The fraction of sp³-hybridized carbons (Fsp3) is 0.700. The Labute approximate surface area is 89.2 Å². The second-order valence-electron chi connectivity index (χ2n) is 3.92. The van der Waals surface area contributed by atoms with Crippen molar-refractivity contribution in [1.29, 1.82) is 0 Å². The smallest absolute Gasteiger partial charge is 0.112 e. The molecule has 2 N–H and O–H groups in total. The van der Waals surface area contributed by atoms with Crippen LogP contribution in [0.3, 0.4) is 0 Å². The van der Waals surface area contributed by atoms with Gasteiger partial charge >= 0.3 is 0 Å². The van der Waals surface area contributed by atoms with E-state index in [4.69, 9.17) is 5.11 Å². The molecular weight excluding hydrogens is 196 g/mol. The molecule has 0 aliphatic carbocycles. The van der Waals surface area contributed by atoms with E-state index in [-0.39, 0.29) is 12.1 Å². The van der Waals surface area contributed by atoms with E-state index in [9.17, 15) is 0 Å². The van der Waals surface area contributed by atoms with Crippen LogP contribution >= 0.6 is 11.3 Å². The highest BCUT2D eigenvalue weighted by Gasteiger charge is 2.22. The number of nitrogens with one attached hydrogen (secondary N) is 1. The van der Waals surface area contributed by atoms with Crippen molar-refractivity contribution in [1.82, 2.24) is 10.3 Å². The third-order valence-corrected chi connectivity index (χ3v) is 3.34. The molecule has 0 amide bonds. The van der Waals surface area contributed by atoms with Crippen LogP contribution < -0.4 is 5.32 Å².